The van der Waals surface area contributed by atoms with Gasteiger partial charge in [0.05, 0.1) is 0 Å². The molecular weight excluding hydrogens is 434 g/mol. The summed E-state index contributed by atoms with van der Waals surface area (Å²) in [7, 11) is 1.56. The number of para-hydroxylation sites is 1. The lowest BCUT2D eigenvalue weighted by Gasteiger charge is -2.30. The van der Waals surface area contributed by atoms with Gasteiger partial charge in [0.15, 0.2) is 11.2 Å². The van der Waals surface area contributed by atoms with Crippen LogP contribution in [0.3, 0.4) is 0 Å². The number of hydrogen-bond donors (Lipinski definition) is 0. The van der Waals surface area contributed by atoms with Gasteiger partial charge in [-0.2, -0.15) is 4.98 Å². The molecular formula is C25H25N5O4. The monoisotopic (exact) mass is 459 g/mol. The number of carbonyl (C=O) groups excluding carboxylic acids is 1. The molecule has 0 spiro atoms. The Hall–Kier alpha value is -4.14. The molecule has 4 aromatic rings. The van der Waals surface area contributed by atoms with E-state index >= 15 is 0 Å². The molecule has 34 heavy (non-hydrogen) atoms. The van der Waals surface area contributed by atoms with Crippen molar-refractivity contribution in [2.24, 2.45) is 7.05 Å². The molecule has 0 saturated carbocycles. The van der Waals surface area contributed by atoms with Crippen molar-refractivity contribution >= 4 is 28.8 Å². The molecule has 2 aromatic carbocycles. The fraction of sp³-hybridized carbons (Fsp3) is 0.280. The number of rotatable bonds is 5. The predicted molar refractivity (Wildman–Crippen MR) is 128 cm³/mol. The fourth-order valence-electron chi connectivity index (χ4n) is 4.41. The van der Waals surface area contributed by atoms with Crippen LogP contribution in [0.4, 0.5) is 11.6 Å². The molecule has 0 unspecified atom stereocenters. The normalized spacial score (nSPS) is 13.2. The molecule has 1 aliphatic heterocycles. The minimum absolute atomic E-state index is 0.0739. The van der Waals surface area contributed by atoms with Crippen LogP contribution in [0.2, 0.25) is 0 Å². The molecule has 174 valence electrons. The maximum absolute atomic E-state index is 13.4. The number of fused-ring (bicyclic) bond motifs is 3. The number of imidazole rings is 1. The Kier molecular flexibility index (Phi) is 5.53. The Balaban J connectivity index is 1.53. The number of ether oxygens (including phenoxy) is 1. The zero-order valence-corrected chi connectivity index (χ0v) is 19.1. The fourth-order valence-corrected chi connectivity index (χ4v) is 4.41. The van der Waals surface area contributed by atoms with Crippen molar-refractivity contribution in [1.82, 2.24) is 18.7 Å². The first kappa shape index (κ1) is 21.7. The van der Waals surface area contributed by atoms with Gasteiger partial charge in [0.1, 0.15) is 13.2 Å². The van der Waals surface area contributed by atoms with Crippen LogP contribution < -0.4 is 16.1 Å². The third-order valence-corrected chi connectivity index (χ3v) is 6.15. The van der Waals surface area contributed by atoms with E-state index in [0.717, 1.165) is 34.3 Å². The largest absolute Gasteiger partial charge is 0.459 e. The summed E-state index contributed by atoms with van der Waals surface area (Å²) < 4.78 is 9.39. The highest BCUT2D eigenvalue weighted by Crippen LogP contribution is 2.32. The van der Waals surface area contributed by atoms with E-state index in [1.807, 2.05) is 66.1 Å². The summed E-state index contributed by atoms with van der Waals surface area (Å²) in [4.78, 5) is 45.6. The molecule has 0 atom stereocenters. The molecule has 0 radical (unpaired) electrons. The number of hydrogen-bond acceptors (Lipinski definition) is 6. The van der Waals surface area contributed by atoms with Crippen LogP contribution in [0.1, 0.15) is 17.5 Å². The SMILES string of the molecule is Cc1ccccc1N1CCCn2c1nc1c2c(=O)n(CC(=O)OCc2ccccc2)c(=O)n1C. The van der Waals surface area contributed by atoms with E-state index in [1.165, 1.54) is 4.57 Å². The van der Waals surface area contributed by atoms with E-state index < -0.39 is 23.8 Å². The number of aryl methyl sites for hydroxylation is 3. The van der Waals surface area contributed by atoms with Crippen molar-refractivity contribution in [1.29, 1.82) is 0 Å². The van der Waals surface area contributed by atoms with Gasteiger partial charge in [0, 0.05) is 25.8 Å². The van der Waals surface area contributed by atoms with Crippen LogP contribution in [0.15, 0.2) is 64.2 Å². The van der Waals surface area contributed by atoms with Crippen LogP contribution in [0.25, 0.3) is 11.2 Å². The summed E-state index contributed by atoms with van der Waals surface area (Å²) in [6, 6.07) is 17.2. The van der Waals surface area contributed by atoms with Crippen LogP contribution in [0, 0.1) is 6.92 Å². The molecule has 9 nitrogen and oxygen atoms in total. The van der Waals surface area contributed by atoms with Gasteiger partial charge >= 0.3 is 11.7 Å². The van der Waals surface area contributed by atoms with E-state index in [2.05, 4.69) is 4.90 Å². The van der Waals surface area contributed by atoms with Gasteiger partial charge in [-0.15, -0.1) is 0 Å². The van der Waals surface area contributed by atoms with E-state index in [4.69, 9.17) is 9.72 Å². The summed E-state index contributed by atoms with van der Waals surface area (Å²) in [5.74, 6) is -0.0330. The standard InChI is InChI=1S/C25H25N5O4/c1-17-9-6-7-12-19(17)28-13-8-14-29-21-22(26-24(28)29)27(2)25(33)30(23(21)32)15-20(31)34-16-18-10-4-3-5-11-18/h3-7,9-12H,8,13-16H2,1-2H3. The number of anilines is 2. The van der Waals surface area contributed by atoms with Gasteiger partial charge in [-0.1, -0.05) is 48.5 Å². The summed E-state index contributed by atoms with van der Waals surface area (Å²) in [5, 5.41) is 0. The number of aromatic nitrogens is 4. The second-order valence-electron chi connectivity index (χ2n) is 8.41. The Morgan fingerprint density at radius 3 is 2.53 bits per heavy atom. The summed E-state index contributed by atoms with van der Waals surface area (Å²) in [5.41, 5.74) is 2.40. The van der Waals surface area contributed by atoms with Gasteiger partial charge in [-0.05, 0) is 30.5 Å². The Labute approximate surface area is 195 Å². The van der Waals surface area contributed by atoms with Gasteiger partial charge in [-0.3, -0.25) is 14.2 Å². The zero-order chi connectivity index (χ0) is 23.8. The third kappa shape index (κ3) is 3.68. The van der Waals surface area contributed by atoms with Crippen molar-refractivity contribution in [2.75, 3.05) is 11.4 Å². The number of esters is 1. The average Bonchev–Trinajstić information content (AvgIpc) is 3.25. The molecule has 5 rings (SSSR count). The minimum Gasteiger partial charge on any atom is -0.459 e. The van der Waals surface area contributed by atoms with Gasteiger partial charge < -0.3 is 14.2 Å². The molecule has 0 fully saturated rings. The molecule has 1 aliphatic rings. The van der Waals surface area contributed by atoms with Crippen molar-refractivity contribution in [3.8, 4) is 0 Å². The van der Waals surface area contributed by atoms with Crippen molar-refractivity contribution in [2.45, 2.75) is 33.0 Å². The van der Waals surface area contributed by atoms with Crippen molar-refractivity contribution < 1.29 is 9.53 Å². The zero-order valence-electron chi connectivity index (χ0n) is 19.1. The van der Waals surface area contributed by atoms with E-state index in [0.29, 0.717) is 23.7 Å². The first-order valence-electron chi connectivity index (χ1n) is 11.2. The van der Waals surface area contributed by atoms with E-state index in [-0.39, 0.29) is 6.61 Å². The van der Waals surface area contributed by atoms with Crippen LogP contribution in [0.5, 0.6) is 0 Å². The molecule has 9 heteroatoms. The molecule has 0 amide bonds. The smallest absolute Gasteiger partial charge is 0.333 e. The van der Waals surface area contributed by atoms with Crippen molar-refractivity contribution in [3.05, 3.63) is 86.6 Å². The van der Waals surface area contributed by atoms with Gasteiger partial charge in [0.2, 0.25) is 5.95 Å². The molecule has 0 saturated heterocycles. The topological polar surface area (TPSA) is 91.4 Å². The highest BCUT2D eigenvalue weighted by Gasteiger charge is 2.28. The van der Waals surface area contributed by atoms with Gasteiger partial charge in [-0.25, -0.2) is 9.36 Å². The van der Waals surface area contributed by atoms with E-state index in [9.17, 15) is 14.4 Å². The molecule has 2 aromatic heterocycles. The summed E-state index contributed by atoms with van der Waals surface area (Å²) in [6.45, 7) is 2.99. The average molecular weight is 460 g/mol. The third-order valence-electron chi connectivity index (χ3n) is 6.15. The predicted octanol–water partition coefficient (Wildman–Crippen LogP) is 2.49. The Bertz CT molecular complexity index is 1500. The van der Waals surface area contributed by atoms with E-state index in [1.54, 1.807) is 7.05 Å². The second kappa shape index (κ2) is 8.66. The Morgan fingerprint density at radius 1 is 1.03 bits per heavy atom. The first-order chi connectivity index (χ1) is 16.5. The molecule has 0 aliphatic carbocycles. The number of nitrogens with zero attached hydrogens (tertiary/aromatic N) is 5. The highest BCUT2D eigenvalue weighted by atomic mass is 16.5. The maximum Gasteiger partial charge on any atom is 0.333 e. The number of carbonyl (C=O) groups is 1. The highest BCUT2D eigenvalue weighted by molar-refractivity contribution is 5.78. The first-order valence-corrected chi connectivity index (χ1v) is 11.2. The number of benzene rings is 2. The molecule has 0 bridgehead atoms. The minimum atomic E-state index is -0.651. The van der Waals surface area contributed by atoms with Crippen LogP contribution >= 0.6 is 0 Å². The van der Waals surface area contributed by atoms with Crippen LogP contribution in [-0.4, -0.2) is 31.2 Å². The molecule has 3 heterocycles. The van der Waals surface area contributed by atoms with Crippen LogP contribution in [-0.2, 0) is 36.3 Å². The lowest BCUT2D eigenvalue weighted by Crippen LogP contribution is -2.41. The van der Waals surface area contributed by atoms with Crippen molar-refractivity contribution in [3.63, 3.8) is 0 Å². The Morgan fingerprint density at radius 2 is 1.76 bits per heavy atom. The summed E-state index contributed by atoms with van der Waals surface area (Å²) >= 11 is 0. The van der Waals surface area contributed by atoms with Gasteiger partial charge in [0.25, 0.3) is 5.56 Å². The quantitative estimate of drug-likeness (QED) is 0.426. The second-order valence-corrected chi connectivity index (χ2v) is 8.41. The molecule has 0 N–H and O–H groups in total. The maximum atomic E-state index is 13.4. The lowest BCUT2D eigenvalue weighted by molar-refractivity contribution is -0.145. The summed E-state index contributed by atoms with van der Waals surface area (Å²) in [6.07, 6.45) is 0.814. The lowest BCUT2D eigenvalue weighted by atomic mass is 10.1.